The molecule has 364 valence electrons. The number of rotatable bonds is 10. The molecular formula is C72H66N2. The first kappa shape index (κ1) is 48.1. The van der Waals surface area contributed by atoms with Crippen LogP contribution in [0.2, 0.25) is 0 Å². The molecule has 0 heterocycles. The molecule has 0 aromatic heterocycles. The first-order valence-electron chi connectivity index (χ1n) is 26.2. The van der Waals surface area contributed by atoms with E-state index in [1.807, 2.05) is 0 Å². The highest BCUT2D eigenvalue weighted by Gasteiger charge is 2.27. The van der Waals surface area contributed by atoms with Crippen LogP contribution in [0.3, 0.4) is 0 Å². The molecule has 11 aromatic rings. The molecule has 2 nitrogen and oxygen atoms in total. The quantitative estimate of drug-likeness (QED) is 0.0766. The van der Waals surface area contributed by atoms with Gasteiger partial charge >= 0.3 is 0 Å². The third kappa shape index (κ3) is 8.52. The van der Waals surface area contributed by atoms with Crippen molar-refractivity contribution in [1.29, 1.82) is 0 Å². The molecule has 0 atom stereocenters. The molecule has 0 N–H and O–H groups in total. The minimum atomic E-state index is 1.15. The Morgan fingerprint density at radius 3 is 0.892 bits per heavy atom. The van der Waals surface area contributed by atoms with Crippen molar-refractivity contribution in [3.63, 3.8) is 0 Å². The fourth-order valence-corrected chi connectivity index (χ4v) is 11.8. The molecule has 74 heavy (non-hydrogen) atoms. The van der Waals surface area contributed by atoms with Gasteiger partial charge in [0.1, 0.15) is 0 Å². The van der Waals surface area contributed by atoms with E-state index in [1.165, 1.54) is 155 Å². The first-order valence-corrected chi connectivity index (χ1v) is 26.2. The standard InChI is InChI=1S/C72H66N2/c1-43-13-23-55(24-14-43)37-49(7)57-39-51(9)71(52(10)40-57)73(59-27-17-45(3)18-28-59)65-35-33-63-62-32-22-48(6)68-66(36-34-64(70(62)68)61-31-21-47(5)67(65)69(61)63)74(60-29-19-46(4)20-30-60)72-53(11)41-58(42-54(72)12)50(8)38-56-25-15-44(2)16-26-56/h13-42H,1-12H3. The summed E-state index contributed by atoms with van der Waals surface area (Å²) in [5.41, 5.74) is 27.0. The molecule has 0 aliphatic carbocycles. The van der Waals surface area contributed by atoms with E-state index in [9.17, 15) is 0 Å². The molecule has 11 rings (SSSR count). The van der Waals surface area contributed by atoms with E-state index in [4.69, 9.17) is 0 Å². The molecule has 0 spiro atoms. The lowest BCUT2D eigenvalue weighted by atomic mass is 9.85. The van der Waals surface area contributed by atoms with E-state index in [-0.39, 0.29) is 0 Å². The zero-order chi connectivity index (χ0) is 51.7. The largest absolute Gasteiger partial charge is 0.309 e. The van der Waals surface area contributed by atoms with Gasteiger partial charge in [-0.05, 0) is 243 Å². The van der Waals surface area contributed by atoms with Crippen molar-refractivity contribution in [1.82, 2.24) is 0 Å². The Kier molecular flexibility index (Phi) is 12.4. The van der Waals surface area contributed by atoms with Gasteiger partial charge in [-0.3, -0.25) is 0 Å². The summed E-state index contributed by atoms with van der Waals surface area (Å²) >= 11 is 0. The summed E-state index contributed by atoms with van der Waals surface area (Å²) in [6.07, 6.45) is 4.60. The molecule has 0 aliphatic rings. The summed E-state index contributed by atoms with van der Waals surface area (Å²) in [5, 5.41) is 10.3. The Balaban J connectivity index is 1.11. The Bertz CT molecular complexity index is 3700. The monoisotopic (exact) mass is 959 g/mol. The molecule has 0 aliphatic heterocycles. The van der Waals surface area contributed by atoms with E-state index in [2.05, 4.69) is 275 Å². The molecule has 0 saturated heterocycles. The van der Waals surface area contributed by atoms with Gasteiger partial charge in [0.05, 0.1) is 22.7 Å². The van der Waals surface area contributed by atoms with Gasteiger partial charge in [0.15, 0.2) is 0 Å². The highest BCUT2D eigenvalue weighted by atomic mass is 15.2. The van der Waals surface area contributed by atoms with Gasteiger partial charge in [0, 0.05) is 22.1 Å². The van der Waals surface area contributed by atoms with Crippen LogP contribution in [-0.2, 0) is 0 Å². The predicted octanol–water partition coefficient (Wildman–Crippen LogP) is 20.9. The van der Waals surface area contributed by atoms with E-state index in [0.717, 1.165) is 11.4 Å². The fraction of sp³-hybridized carbons (Fsp3) is 0.167. The van der Waals surface area contributed by atoms with Gasteiger partial charge < -0.3 is 9.80 Å². The Morgan fingerprint density at radius 1 is 0.297 bits per heavy atom. The fourth-order valence-electron chi connectivity index (χ4n) is 11.8. The van der Waals surface area contributed by atoms with E-state index < -0.39 is 0 Å². The summed E-state index contributed by atoms with van der Waals surface area (Å²) in [6, 6.07) is 64.3. The molecule has 0 amide bonds. The van der Waals surface area contributed by atoms with Gasteiger partial charge in [-0.15, -0.1) is 0 Å². The smallest absolute Gasteiger partial charge is 0.0543 e. The minimum Gasteiger partial charge on any atom is -0.309 e. The van der Waals surface area contributed by atoms with Crippen LogP contribution >= 0.6 is 0 Å². The molecule has 0 unspecified atom stereocenters. The van der Waals surface area contributed by atoms with Crippen molar-refractivity contribution in [2.45, 2.75) is 83.1 Å². The number of anilines is 6. The molecule has 0 radical (unpaired) electrons. The van der Waals surface area contributed by atoms with Crippen molar-refractivity contribution < 1.29 is 0 Å². The van der Waals surface area contributed by atoms with Crippen LogP contribution in [0.25, 0.3) is 66.4 Å². The van der Waals surface area contributed by atoms with Crippen LogP contribution in [0, 0.1) is 69.2 Å². The molecule has 2 heteroatoms. The Hall–Kier alpha value is -8.20. The number of benzene rings is 11. The molecule has 0 bridgehead atoms. The summed E-state index contributed by atoms with van der Waals surface area (Å²) in [4.78, 5) is 5.06. The van der Waals surface area contributed by atoms with Gasteiger partial charge in [0.25, 0.3) is 0 Å². The second-order valence-corrected chi connectivity index (χ2v) is 21.4. The number of hydrogen-bond donors (Lipinski definition) is 0. The summed E-state index contributed by atoms with van der Waals surface area (Å²) in [6.45, 7) is 26.8. The van der Waals surface area contributed by atoms with Crippen LogP contribution in [0.4, 0.5) is 34.1 Å². The van der Waals surface area contributed by atoms with Crippen LogP contribution in [-0.4, -0.2) is 0 Å². The van der Waals surface area contributed by atoms with E-state index in [0.29, 0.717) is 0 Å². The van der Waals surface area contributed by atoms with Crippen molar-refractivity contribution in [3.8, 4) is 0 Å². The lowest BCUT2D eigenvalue weighted by Gasteiger charge is -2.32. The zero-order valence-corrected chi connectivity index (χ0v) is 45.2. The van der Waals surface area contributed by atoms with Crippen LogP contribution in [0.5, 0.6) is 0 Å². The SMILES string of the molecule is CC(=Cc1ccc(C)cc1)c1cc(C)c(N(c2ccc(C)cc2)c2ccc3c4ccc(C)c5c(N(c6ccc(C)cc6)c6c(C)cc(C(C)=Cc7ccc(C)cc7)cc6C)ccc(c6ccc(C)c2c63)c54)c(C)c1. The second kappa shape index (κ2) is 19.0. The number of hydrogen-bond acceptors (Lipinski definition) is 2. The Labute approximate surface area is 438 Å². The topological polar surface area (TPSA) is 6.48 Å². The van der Waals surface area contributed by atoms with E-state index in [1.54, 1.807) is 0 Å². The Morgan fingerprint density at radius 2 is 0.581 bits per heavy atom. The number of aryl methyl sites for hydroxylation is 10. The van der Waals surface area contributed by atoms with Gasteiger partial charge in [0.2, 0.25) is 0 Å². The maximum absolute atomic E-state index is 2.53. The molecule has 0 saturated carbocycles. The lowest BCUT2D eigenvalue weighted by molar-refractivity contribution is 1.22. The number of allylic oxidation sites excluding steroid dienone is 2. The highest BCUT2D eigenvalue weighted by molar-refractivity contribution is 6.36. The molecule has 0 fully saturated rings. The van der Waals surface area contributed by atoms with Crippen molar-refractivity contribution in [2.75, 3.05) is 9.80 Å². The average Bonchev–Trinajstić information content (AvgIpc) is 3.41. The zero-order valence-electron chi connectivity index (χ0n) is 45.2. The molecule has 11 aromatic carbocycles. The minimum absolute atomic E-state index is 1.15. The van der Waals surface area contributed by atoms with E-state index >= 15 is 0 Å². The van der Waals surface area contributed by atoms with Crippen LogP contribution in [0.1, 0.15) is 91.7 Å². The first-order chi connectivity index (χ1) is 35.6. The van der Waals surface area contributed by atoms with Gasteiger partial charge in [-0.2, -0.15) is 0 Å². The highest BCUT2D eigenvalue weighted by Crippen LogP contribution is 2.52. The van der Waals surface area contributed by atoms with Gasteiger partial charge in [-0.25, -0.2) is 0 Å². The van der Waals surface area contributed by atoms with Crippen molar-refractivity contribution >= 4 is 101 Å². The predicted molar refractivity (Wildman–Crippen MR) is 324 cm³/mol. The van der Waals surface area contributed by atoms with Crippen LogP contribution in [0.15, 0.2) is 170 Å². The van der Waals surface area contributed by atoms with Crippen molar-refractivity contribution in [3.05, 3.63) is 248 Å². The summed E-state index contributed by atoms with van der Waals surface area (Å²) in [5.74, 6) is 0. The normalized spacial score (nSPS) is 12.2. The third-order valence-corrected chi connectivity index (χ3v) is 15.6. The number of nitrogens with zero attached hydrogens (tertiary/aromatic N) is 2. The lowest BCUT2D eigenvalue weighted by Crippen LogP contribution is -2.14. The summed E-state index contributed by atoms with van der Waals surface area (Å²) < 4.78 is 0. The number of fused-ring (bicyclic) bond motifs is 2. The maximum Gasteiger partial charge on any atom is 0.0543 e. The van der Waals surface area contributed by atoms with Crippen LogP contribution < -0.4 is 9.80 Å². The summed E-state index contributed by atoms with van der Waals surface area (Å²) in [7, 11) is 0. The average molecular weight is 959 g/mol. The molecular weight excluding hydrogens is 893 g/mol. The van der Waals surface area contributed by atoms with Crippen molar-refractivity contribution in [2.24, 2.45) is 0 Å². The van der Waals surface area contributed by atoms with Gasteiger partial charge in [-0.1, -0.05) is 144 Å². The third-order valence-electron chi connectivity index (χ3n) is 15.6. The maximum atomic E-state index is 2.53. The second-order valence-electron chi connectivity index (χ2n) is 21.4.